The van der Waals surface area contributed by atoms with Crippen molar-refractivity contribution in [1.29, 1.82) is 0 Å². The van der Waals surface area contributed by atoms with Crippen LogP contribution in [0.3, 0.4) is 0 Å². The summed E-state index contributed by atoms with van der Waals surface area (Å²) in [6.07, 6.45) is 0. The van der Waals surface area contributed by atoms with E-state index in [4.69, 9.17) is 0 Å². The van der Waals surface area contributed by atoms with E-state index in [9.17, 15) is 9.18 Å². The first-order valence-corrected chi connectivity index (χ1v) is 8.56. The number of piperazine rings is 1. The van der Waals surface area contributed by atoms with Gasteiger partial charge in [-0.2, -0.15) is 0 Å². The molecule has 0 radical (unpaired) electrons. The second kappa shape index (κ2) is 8.18. The van der Waals surface area contributed by atoms with Crippen LogP contribution in [0.2, 0.25) is 0 Å². The number of carbonyl (C=O) groups is 1. The summed E-state index contributed by atoms with van der Waals surface area (Å²) in [5, 5.41) is 6.01. The van der Waals surface area contributed by atoms with Crippen LogP contribution in [0.25, 0.3) is 0 Å². The van der Waals surface area contributed by atoms with Crippen molar-refractivity contribution >= 4 is 17.6 Å². The number of aliphatic imine (C=N–C) groups is 1. The van der Waals surface area contributed by atoms with Crippen LogP contribution in [0, 0.1) is 5.82 Å². The standard InChI is InChI=1S/C18H28FN5O/c1-18(2,3)22-16(25)13-21-17(20-4)24-11-9-23(10-12-24)15-8-6-5-7-14(15)19/h5-8H,9-13H2,1-4H3,(H,20,21)(H,22,25). The lowest BCUT2D eigenvalue weighted by atomic mass is 10.1. The van der Waals surface area contributed by atoms with Crippen molar-refractivity contribution in [3.8, 4) is 0 Å². The van der Waals surface area contributed by atoms with E-state index < -0.39 is 0 Å². The number of rotatable bonds is 3. The smallest absolute Gasteiger partial charge is 0.239 e. The molecular weight excluding hydrogens is 321 g/mol. The molecule has 0 spiro atoms. The zero-order valence-corrected chi connectivity index (χ0v) is 15.5. The first-order valence-electron chi connectivity index (χ1n) is 8.56. The molecule has 0 aromatic heterocycles. The molecule has 0 saturated carbocycles. The first kappa shape index (κ1) is 19.0. The molecule has 2 rings (SSSR count). The maximum Gasteiger partial charge on any atom is 0.239 e. The van der Waals surface area contributed by atoms with E-state index in [0.717, 1.165) is 13.1 Å². The zero-order valence-electron chi connectivity index (χ0n) is 15.5. The lowest BCUT2D eigenvalue weighted by Gasteiger charge is -2.37. The Kier molecular flexibility index (Phi) is 6.22. The van der Waals surface area contributed by atoms with E-state index in [-0.39, 0.29) is 23.8 Å². The van der Waals surface area contributed by atoms with Crippen molar-refractivity contribution in [2.75, 3.05) is 44.7 Å². The van der Waals surface area contributed by atoms with E-state index in [1.807, 2.05) is 31.7 Å². The van der Waals surface area contributed by atoms with E-state index in [1.54, 1.807) is 19.2 Å². The molecule has 1 heterocycles. The Morgan fingerprint density at radius 1 is 1.20 bits per heavy atom. The van der Waals surface area contributed by atoms with Crippen LogP contribution in [0.4, 0.5) is 10.1 Å². The SMILES string of the molecule is CN=C(NCC(=O)NC(C)(C)C)N1CCN(c2ccccc2F)CC1. The average Bonchev–Trinajstić information content (AvgIpc) is 2.55. The van der Waals surface area contributed by atoms with Gasteiger partial charge in [-0.1, -0.05) is 12.1 Å². The largest absolute Gasteiger partial charge is 0.366 e. The molecule has 1 aliphatic rings. The molecule has 0 aliphatic carbocycles. The number of halogens is 1. The minimum atomic E-state index is -0.256. The van der Waals surface area contributed by atoms with Crippen LogP contribution in [0.15, 0.2) is 29.3 Å². The number of para-hydroxylation sites is 1. The Morgan fingerprint density at radius 2 is 1.84 bits per heavy atom. The summed E-state index contributed by atoms with van der Waals surface area (Å²) in [5.41, 5.74) is 0.378. The quantitative estimate of drug-likeness (QED) is 0.640. The fourth-order valence-corrected chi connectivity index (χ4v) is 2.82. The molecule has 0 unspecified atom stereocenters. The number of amides is 1. The van der Waals surface area contributed by atoms with Crippen molar-refractivity contribution in [2.24, 2.45) is 4.99 Å². The lowest BCUT2D eigenvalue weighted by molar-refractivity contribution is -0.121. The van der Waals surface area contributed by atoms with Crippen LogP contribution in [-0.2, 0) is 4.79 Å². The number of guanidine groups is 1. The maximum atomic E-state index is 13.9. The third kappa shape index (κ3) is 5.62. The van der Waals surface area contributed by atoms with Crippen LogP contribution < -0.4 is 15.5 Å². The number of hydrogen-bond donors (Lipinski definition) is 2. The molecule has 1 aromatic rings. The highest BCUT2D eigenvalue weighted by molar-refractivity contribution is 5.86. The van der Waals surface area contributed by atoms with Crippen LogP contribution in [-0.4, -0.2) is 62.1 Å². The minimum absolute atomic E-state index is 0.0707. The summed E-state index contributed by atoms with van der Waals surface area (Å²) in [7, 11) is 1.70. The summed E-state index contributed by atoms with van der Waals surface area (Å²) in [5.74, 6) is 0.424. The third-order valence-electron chi connectivity index (χ3n) is 3.91. The summed E-state index contributed by atoms with van der Waals surface area (Å²) in [6, 6.07) is 6.83. The highest BCUT2D eigenvalue weighted by atomic mass is 19.1. The van der Waals surface area contributed by atoms with Crippen LogP contribution in [0.5, 0.6) is 0 Å². The molecule has 6 nitrogen and oxygen atoms in total. The maximum absolute atomic E-state index is 13.9. The highest BCUT2D eigenvalue weighted by Gasteiger charge is 2.22. The molecule has 7 heteroatoms. The second-order valence-corrected chi connectivity index (χ2v) is 7.12. The molecular formula is C18H28FN5O. The van der Waals surface area contributed by atoms with Gasteiger partial charge < -0.3 is 20.4 Å². The van der Waals surface area contributed by atoms with Crippen molar-refractivity contribution in [1.82, 2.24) is 15.5 Å². The Bertz CT molecular complexity index is 618. The van der Waals surface area contributed by atoms with Gasteiger partial charge in [-0.05, 0) is 32.9 Å². The Hall–Kier alpha value is -2.31. The molecule has 1 saturated heterocycles. The molecule has 0 atom stereocenters. The number of anilines is 1. The lowest BCUT2D eigenvalue weighted by Crippen LogP contribution is -2.54. The first-order chi connectivity index (χ1) is 11.8. The molecule has 1 amide bonds. The summed E-state index contributed by atoms with van der Waals surface area (Å²) >= 11 is 0. The van der Waals surface area contributed by atoms with Crippen LogP contribution >= 0.6 is 0 Å². The molecule has 25 heavy (non-hydrogen) atoms. The van der Waals surface area contributed by atoms with E-state index in [2.05, 4.69) is 20.5 Å². The molecule has 138 valence electrons. The van der Waals surface area contributed by atoms with Crippen molar-refractivity contribution in [2.45, 2.75) is 26.3 Å². The number of nitrogens with zero attached hydrogens (tertiary/aromatic N) is 3. The number of hydrogen-bond acceptors (Lipinski definition) is 3. The van der Waals surface area contributed by atoms with E-state index in [0.29, 0.717) is 24.7 Å². The third-order valence-corrected chi connectivity index (χ3v) is 3.91. The van der Waals surface area contributed by atoms with Gasteiger partial charge in [0, 0.05) is 38.8 Å². The fraction of sp³-hybridized carbons (Fsp3) is 0.556. The summed E-state index contributed by atoms with van der Waals surface area (Å²) in [4.78, 5) is 20.3. The van der Waals surface area contributed by atoms with Gasteiger partial charge in [-0.15, -0.1) is 0 Å². The predicted octanol–water partition coefficient (Wildman–Crippen LogP) is 1.44. The van der Waals surface area contributed by atoms with Crippen LogP contribution in [0.1, 0.15) is 20.8 Å². The fourth-order valence-electron chi connectivity index (χ4n) is 2.82. The molecule has 0 bridgehead atoms. The summed E-state index contributed by atoms with van der Waals surface area (Å²) in [6.45, 7) is 8.86. The Balaban J connectivity index is 1.86. The molecule has 1 fully saturated rings. The van der Waals surface area contributed by atoms with E-state index >= 15 is 0 Å². The van der Waals surface area contributed by atoms with Gasteiger partial charge >= 0.3 is 0 Å². The van der Waals surface area contributed by atoms with Gasteiger partial charge in [0.2, 0.25) is 5.91 Å². The molecule has 2 N–H and O–H groups in total. The molecule has 1 aromatic carbocycles. The molecule has 1 aliphatic heterocycles. The van der Waals surface area contributed by atoms with Crippen molar-refractivity contribution < 1.29 is 9.18 Å². The monoisotopic (exact) mass is 349 g/mol. The minimum Gasteiger partial charge on any atom is -0.366 e. The van der Waals surface area contributed by atoms with Gasteiger partial charge in [0.05, 0.1) is 12.2 Å². The van der Waals surface area contributed by atoms with Gasteiger partial charge in [-0.3, -0.25) is 9.79 Å². The Morgan fingerprint density at radius 3 is 2.40 bits per heavy atom. The van der Waals surface area contributed by atoms with Crippen molar-refractivity contribution in [3.63, 3.8) is 0 Å². The second-order valence-electron chi connectivity index (χ2n) is 7.12. The topological polar surface area (TPSA) is 60.0 Å². The normalized spacial score (nSPS) is 16.0. The Labute approximate surface area is 149 Å². The number of nitrogens with one attached hydrogen (secondary N) is 2. The number of benzene rings is 1. The van der Waals surface area contributed by atoms with Gasteiger partial charge in [0.15, 0.2) is 5.96 Å². The zero-order chi connectivity index (χ0) is 18.4. The van der Waals surface area contributed by atoms with Crippen molar-refractivity contribution in [3.05, 3.63) is 30.1 Å². The van der Waals surface area contributed by atoms with Gasteiger partial charge in [0.1, 0.15) is 5.82 Å². The summed E-state index contributed by atoms with van der Waals surface area (Å²) < 4.78 is 13.9. The van der Waals surface area contributed by atoms with Gasteiger partial charge in [0.25, 0.3) is 0 Å². The van der Waals surface area contributed by atoms with E-state index in [1.165, 1.54) is 6.07 Å². The highest BCUT2D eigenvalue weighted by Crippen LogP contribution is 2.20. The predicted molar refractivity (Wildman–Crippen MR) is 99.4 cm³/mol. The van der Waals surface area contributed by atoms with Gasteiger partial charge in [-0.25, -0.2) is 4.39 Å². The average molecular weight is 349 g/mol. The number of carbonyl (C=O) groups excluding carboxylic acids is 1.